The van der Waals surface area contributed by atoms with Crippen molar-refractivity contribution in [1.82, 2.24) is 10.1 Å². The lowest BCUT2D eigenvalue weighted by molar-refractivity contribution is -0.159. The molecule has 1 atom stereocenters. The van der Waals surface area contributed by atoms with Gasteiger partial charge >= 0.3 is 12.1 Å². The first-order valence-electron chi connectivity index (χ1n) is 5.78. The average molecular weight is 279 g/mol. The molecule has 5 nitrogen and oxygen atoms in total. The van der Waals surface area contributed by atoms with Crippen LogP contribution in [-0.4, -0.2) is 21.3 Å². The summed E-state index contributed by atoms with van der Waals surface area (Å²) in [7, 11) is 0. The van der Waals surface area contributed by atoms with Crippen LogP contribution in [0.3, 0.4) is 0 Å². The summed E-state index contributed by atoms with van der Waals surface area (Å²) in [5.74, 6) is -1.58. The second-order valence-electron chi connectivity index (χ2n) is 5.94. The molecule has 2 heterocycles. The van der Waals surface area contributed by atoms with E-state index in [1.807, 2.05) is 13.8 Å². The monoisotopic (exact) mass is 279 g/mol. The van der Waals surface area contributed by atoms with E-state index in [2.05, 4.69) is 14.7 Å². The Kier molecular flexibility index (Phi) is 2.77. The Bertz CT molecular complexity index is 496. The normalized spacial score (nSPS) is 29.7. The zero-order valence-electron chi connectivity index (χ0n) is 11.1. The summed E-state index contributed by atoms with van der Waals surface area (Å²) in [5, 5.41) is 3.39. The van der Waals surface area contributed by atoms with E-state index < -0.39 is 28.8 Å². The fourth-order valence-electron chi connectivity index (χ4n) is 2.57. The second-order valence-corrected chi connectivity index (χ2v) is 5.94. The number of nitrogens with two attached hydrogens (primary N) is 1. The van der Waals surface area contributed by atoms with Crippen molar-refractivity contribution in [2.24, 2.45) is 5.73 Å². The van der Waals surface area contributed by atoms with Gasteiger partial charge in [-0.05, 0) is 27.7 Å². The molecule has 0 aromatic carbocycles. The summed E-state index contributed by atoms with van der Waals surface area (Å²) >= 11 is 0. The molecule has 0 spiro atoms. The third kappa shape index (κ3) is 2.23. The topological polar surface area (TPSA) is 74.2 Å². The van der Waals surface area contributed by atoms with Crippen molar-refractivity contribution in [1.29, 1.82) is 0 Å². The van der Waals surface area contributed by atoms with Gasteiger partial charge < -0.3 is 15.0 Å². The highest BCUT2D eigenvalue weighted by molar-refractivity contribution is 5.18. The van der Waals surface area contributed by atoms with E-state index >= 15 is 0 Å². The Balaban J connectivity index is 2.43. The zero-order chi connectivity index (χ0) is 14.7. The molecular weight excluding hydrogens is 263 g/mol. The smallest absolute Gasteiger partial charge is 0.367 e. The van der Waals surface area contributed by atoms with Crippen LogP contribution in [0.15, 0.2) is 4.52 Å². The number of hydrogen-bond donors (Lipinski definition) is 1. The van der Waals surface area contributed by atoms with Crippen molar-refractivity contribution in [3.8, 4) is 0 Å². The summed E-state index contributed by atoms with van der Waals surface area (Å²) in [6, 6.07) is 0. The van der Waals surface area contributed by atoms with Crippen LogP contribution < -0.4 is 5.73 Å². The molecule has 0 aliphatic carbocycles. The maximum absolute atomic E-state index is 12.5. The van der Waals surface area contributed by atoms with Crippen molar-refractivity contribution in [3.63, 3.8) is 0 Å². The van der Waals surface area contributed by atoms with E-state index in [0.717, 1.165) is 0 Å². The fraction of sp³-hybridized carbons (Fsp3) is 0.818. The molecule has 0 bridgehead atoms. The number of alkyl halides is 3. The first kappa shape index (κ1) is 14.3. The molecule has 8 heteroatoms. The van der Waals surface area contributed by atoms with Crippen LogP contribution in [0.5, 0.6) is 0 Å². The third-order valence-corrected chi connectivity index (χ3v) is 3.38. The number of halogens is 3. The minimum absolute atomic E-state index is 0.185. The van der Waals surface area contributed by atoms with Crippen molar-refractivity contribution >= 4 is 0 Å². The first-order chi connectivity index (χ1) is 8.37. The van der Waals surface area contributed by atoms with Crippen LogP contribution in [-0.2, 0) is 16.5 Å². The van der Waals surface area contributed by atoms with Crippen molar-refractivity contribution in [2.45, 2.75) is 57.0 Å². The van der Waals surface area contributed by atoms with Gasteiger partial charge in [-0.15, -0.1) is 0 Å². The number of rotatable bonds is 1. The quantitative estimate of drug-likeness (QED) is 0.853. The highest BCUT2D eigenvalue weighted by atomic mass is 19.4. The van der Waals surface area contributed by atoms with Crippen molar-refractivity contribution < 1.29 is 22.4 Å². The predicted octanol–water partition coefficient (Wildman–Crippen LogP) is 2.22. The molecular formula is C11H16F3N3O2. The van der Waals surface area contributed by atoms with Gasteiger partial charge in [-0.2, -0.15) is 18.2 Å². The van der Waals surface area contributed by atoms with E-state index in [-0.39, 0.29) is 5.82 Å². The molecule has 108 valence electrons. The largest absolute Gasteiger partial charge is 0.471 e. The Hall–Kier alpha value is -1.15. The Morgan fingerprint density at radius 2 is 1.79 bits per heavy atom. The van der Waals surface area contributed by atoms with Gasteiger partial charge in [0.15, 0.2) is 5.82 Å². The minimum atomic E-state index is -4.68. The molecule has 0 radical (unpaired) electrons. The lowest BCUT2D eigenvalue weighted by atomic mass is 9.79. The van der Waals surface area contributed by atoms with Crippen LogP contribution in [0.25, 0.3) is 0 Å². The molecule has 1 aromatic heterocycles. The van der Waals surface area contributed by atoms with E-state index in [9.17, 15) is 13.2 Å². The first-order valence-corrected chi connectivity index (χ1v) is 5.78. The molecule has 1 aliphatic heterocycles. The van der Waals surface area contributed by atoms with Gasteiger partial charge in [-0.25, -0.2) is 0 Å². The average Bonchev–Trinajstić information content (AvgIpc) is 2.66. The Morgan fingerprint density at radius 3 is 2.16 bits per heavy atom. The van der Waals surface area contributed by atoms with Gasteiger partial charge in [0.2, 0.25) is 0 Å². The van der Waals surface area contributed by atoms with Crippen molar-refractivity contribution in [2.75, 3.05) is 0 Å². The highest BCUT2D eigenvalue weighted by Gasteiger charge is 2.59. The third-order valence-electron chi connectivity index (χ3n) is 3.38. The van der Waals surface area contributed by atoms with Gasteiger partial charge in [0.25, 0.3) is 0 Å². The van der Waals surface area contributed by atoms with Crippen LogP contribution >= 0.6 is 0 Å². The SMILES string of the molecule is CC1(C)CC(N)(c2noc(C(F)(F)F)n2)C(C)(C)O1. The van der Waals surface area contributed by atoms with Crippen molar-refractivity contribution in [3.05, 3.63) is 11.7 Å². The van der Waals surface area contributed by atoms with Gasteiger partial charge in [-0.3, -0.25) is 0 Å². The predicted molar refractivity (Wildman–Crippen MR) is 59.0 cm³/mol. The van der Waals surface area contributed by atoms with E-state index in [0.29, 0.717) is 6.42 Å². The molecule has 1 aliphatic rings. The summed E-state index contributed by atoms with van der Waals surface area (Å²) in [6.07, 6.45) is -4.38. The lowest BCUT2D eigenvalue weighted by Crippen LogP contribution is -2.51. The number of ether oxygens (including phenoxy) is 1. The maximum atomic E-state index is 12.5. The lowest BCUT2D eigenvalue weighted by Gasteiger charge is -2.33. The molecule has 1 saturated heterocycles. The standard InChI is InChI=1S/C11H16F3N3O2/c1-8(2)5-10(15,9(3,4)19-8)6-16-7(18-17-6)11(12,13)14/h5,15H2,1-4H3. The maximum Gasteiger partial charge on any atom is 0.471 e. The van der Waals surface area contributed by atoms with Gasteiger partial charge in [-0.1, -0.05) is 5.16 Å². The van der Waals surface area contributed by atoms with Crippen LogP contribution in [0.1, 0.15) is 45.8 Å². The number of nitrogens with zero attached hydrogens (tertiary/aromatic N) is 2. The zero-order valence-corrected chi connectivity index (χ0v) is 11.1. The molecule has 2 rings (SSSR count). The fourth-order valence-corrected chi connectivity index (χ4v) is 2.57. The summed E-state index contributed by atoms with van der Waals surface area (Å²) in [5.41, 5.74) is 3.51. The van der Waals surface area contributed by atoms with Crippen LogP contribution in [0.2, 0.25) is 0 Å². The molecule has 19 heavy (non-hydrogen) atoms. The molecule has 1 fully saturated rings. The van der Waals surface area contributed by atoms with Crippen LogP contribution in [0.4, 0.5) is 13.2 Å². The molecule has 1 unspecified atom stereocenters. The number of aromatic nitrogens is 2. The van der Waals surface area contributed by atoms with Crippen LogP contribution in [0, 0.1) is 0 Å². The van der Waals surface area contributed by atoms with E-state index in [4.69, 9.17) is 10.5 Å². The summed E-state index contributed by atoms with van der Waals surface area (Å²) in [4.78, 5) is 3.39. The highest BCUT2D eigenvalue weighted by Crippen LogP contribution is 2.48. The molecule has 1 aromatic rings. The summed E-state index contributed by atoms with van der Waals surface area (Å²) in [6.45, 7) is 7.03. The minimum Gasteiger partial charge on any atom is -0.367 e. The Labute approximate surface area is 108 Å². The number of hydrogen-bond acceptors (Lipinski definition) is 5. The van der Waals surface area contributed by atoms with Gasteiger partial charge in [0.1, 0.15) is 5.54 Å². The van der Waals surface area contributed by atoms with Gasteiger partial charge in [0.05, 0.1) is 11.2 Å². The Morgan fingerprint density at radius 1 is 1.21 bits per heavy atom. The second kappa shape index (κ2) is 3.69. The van der Waals surface area contributed by atoms with E-state index in [1.165, 1.54) is 0 Å². The molecule has 0 saturated carbocycles. The molecule has 2 N–H and O–H groups in total. The van der Waals surface area contributed by atoms with E-state index in [1.54, 1.807) is 13.8 Å². The summed E-state index contributed by atoms with van der Waals surface area (Å²) < 4.78 is 47.5. The molecule has 0 amide bonds. The van der Waals surface area contributed by atoms with Gasteiger partial charge in [0, 0.05) is 6.42 Å².